The molecule has 19 heavy (non-hydrogen) atoms. The lowest BCUT2D eigenvalue weighted by molar-refractivity contribution is -0.00000515. The van der Waals surface area contributed by atoms with Gasteiger partial charge in [0.15, 0.2) is 8.32 Å². The van der Waals surface area contributed by atoms with Crippen molar-refractivity contribution >= 4 is 8.32 Å². The van der Waals surface area contributed by atoms with Gasteiger partial charge in [-0.2, -0.15) is 0 Å². The molecule has 0 aliphatic rings. The third-order valence-electron chi connectivity index (χ3n) is 4.69. The molecule has 0 bridgehead atoms. The van der Waals surface area contributed by atoms with Crippen molar-refractivity contribution in [2.24, 2.45) is 5.92 Å². The van der Waals surface area contributed by atoms with Crippen molar-refractivity contribution < 1.29 is 21.4 Å². The number of rotatable bonds is 6. The fourth-order valence-corrected chi connectivity index (χ4v) is 4.32. The van der Waals surface area contributed by atoms with E-state index in [0.29, 0.717) is 11.0 Å². The van der Waals surface area contributed by atoms with E-state index >= 15 is 0 Å². The van der Waals surface area contributed by atoms with Crippen LogP contribution in [0.2, 0.25) is 18.1 Å². The van der Waals surface area contributed by atoms with Gasteiger partial charge in [-0.15, -0.1) is 0 Å². The van der Waals surface area contributed by atoms with Gasteiger partial charge >= 0.3 is 0 Å². The summed E-state index contributed by atoms with van der Waals surface area (Å²) < 4.78 is 6.30. The molecule has 1 rings (SSSR count). The minimum atomic E-state index is -1.65. The van der Waals surface area contributed by atoms with Crippen LogP contribution in [0.5, 0.6) is 0 Å². The molecular weight excluding hydrogens is 316 g/mol. The van der Waals surface area contributed by atoms with Gasteiger partial charge in [0.1, 0.15) is 0 Å². The molecule has 0 unspecified atom stereocenters. The number of hydrogen-bond donors (Lipinski definition) is 0. The van der Waals surface area contributed by atoms with E-state index < -0.39 is 8.32 Å². The van der Waals surface area contributed by atoms with E-state index in [9.17, 15) is 0 Å². The van der Waals surface area contributed by atoms with Gasteiger partial charge in [0.25, 0.3) is 0 Å². The smallest absolute Gasteiger partial charge is 0.192 e. The number of benzene rings is 1. The third-order valence-corrected chi connectivity index (χ3v) is 9.30. The van der Waals surface area contributed by atoms with Gasteiger partial charge in [-0.25, -0.2) is 0 Å². The van der Waals surface area contributed by atoms with Crippen LogP contribution >= 0.6 is 0 Å². The molecule has 1 nitrogen and oxygen atoms in total. The molecule has 110 valence electrons. The summed E-state index contributed by atoms with van der Waals surface area (Å²) in [4.78, 5) is 0. The van der Waals surface area contributed by atoms with E-state index in [1.54, 1.807) is 0 Å². The quantitative estimate of drug-likeness (QED) is 0.716. The van der Waals surface area contributed by atoms with Crippen molar-refractivity contribution in [3.05, 3.63) is 35.9 Å². The Labute approximate surface area is 130 Å². The first-order chi connectivity index (χ1) is 8.27. The van der Waals surface area contributed by atoms with Crippen molar-refractivity contribution in [3.63, 3.8) is 0 Å². The van der Waals surface area contributed by atoms with Gasteiger partial charge in [-0.1, -0.05) is 58.0 Å². The highest BCUT2D eigenvalue weighted by Gasteiger charge is 2.42. The van der Waals surface area contributed by atoms with Gasteiger partial charge in [0.05, 0.1) is 0 Å². The zero-order chi connectivity index (χ0) is 13.8. The summed E-state index contributed by atoms with van der Waals surface area (Å²) in [6.45, 7) is 14.8. The first kappa shape index (κ1) is 18.9. The molecular formula is C16H28BrOSi-. The van der Waals surface area contributed by atoms with Crippen LogP contribution in [0.3, 0.4) is 0 Å². The molecule has 0 spiro atoms. The topological polar surface area (TPSA) is 9.23 Å². The first-order valence-corrected chi connectivity index (χ1v) is 9.86. The second-order valence-electron chi connectivity index (χ2n) is 6.47. The summed E-state index contributed by atoms with van der Waals surface area (Å²) in [5, 5.41) is 0.309. The predicted octanol–water partition coefficient (Wildman–Crippen LogP) is 1.89. The molecule has 0 saturated carbocycles. The molecule has 0 amide bonds. The van der Waals surface area contributed by atoms with Crippen molar-refractivity contribution in [1.29, 1.82) is 0 Å². The Morgan fingerprint density at radius 3 is 2.11 bits per heavy atom. The zero-order valence-electron chi connectivity index (χ0n) is 13.2. The normalized spacial score (nSPS) is 12.4. The highest BCUT2D eigenvalue weighted by Crippen LogP contribution is 2.44. The Morgan fingerprint density at radius 2 is 1.63 bits per heavy atom. The van der Waals surface area contributed by atoms with Crippen molar-refractivity contribution in [3.8, 4) is 0 Å². The molecule has 0 N–H and O–H groups in total. The summed E-state index contributed by atoms with van der Waals surface area (Å²) in [6.07, 6.45) is 1.02. The fraction of sp³-hybridized carbons (Fsp3) is 0.625. The van der Waals surface area contributed by atoms with E-state index in [1.807, 2.05) is 0 Å². The summed E-state index contributed by atoms with van der Waals surface area (Å²) in [5.41, 5.74) is 1.37. The van der Waals surface area contributed by atoms with Crippen LogP contribution in [0.1, 0.15) is 33.3 Å². The number of hydrogen-bond acceptors (Lipinski definition) is 1. The van der Waals surface area contributed by atoms with Crippen LogP contribution < -0.4 is 17.0 Å². The maximum absolute atomic E-state index is 6.30. The number of halogens is 1. The maximum Gasteiger partial charge on any atom is 0.192 e. The van der Waals surface area contributed by atoms with Gasteiger partial charge < -0.3 is 21.4 Å². The van der Waals surface area contributed by atoms with E-state index in [-0.39, 0.29) is 17.0 Å². The molecule has 1 aromatic carbocycles. The van der Waals surface area contributed by atoms with Crippen molar-refractivity contribution in [1.82, 2.24) is 0 Å². The van der Waals surface area contributed by atoms with Gasteiger partial charge in [0.2, 0.25) is 0 Å². The lowest BCUT2D eigenvalue weighted by Crippen LogP contribution is -3.00. The largest absolute Gasteiger partial charge is 1.00 e. The van der Waals surface area contributed by atoms with Crippen LogP contribution in [0, 0.1) is 5.92 Å². The van der Waals surface area contributed by atoms with Gasteiger partial charge in [-0.05, 0) is 36.0 Å². The van der Waals surface area contributed by atoms with Crippen LogP contribution in [0.4, 0.5) is 0 Å². The Kier molecular flexibility index (Phi) is 7.55. The predicted molar refractivity (Wildman–Crippen MR) is 82.5 cm³/mol. The molecule has 0 aromatic heterocycles. The van der Waals surface area contributed by atoms with Gasteiger partial charge in [-0.3, -0.25) is 0 Å². The average molecular weight is 344 g/mol. The minimum Gasteiger partial charge on any atom is -1.00 e. The van der Waals surface area contributed by atoms with Gasteiger partial charge in [0, 0.05) is 6.61 Å². The van der Waals surface area contributed by atoms with E-state index in [0.717, 1.165) is 13.0 Å². The highest BCUT2D eigenvalue weighted by atomic mass is 79.9. The molecule has 3 heteroatoms. The highest BCUT2D eigenvalue weighted by molar-refractivity contribution is 6.74. The molecule has 0 aliphatic heterocycles. The molecule has 0 saturated heterocycles. The lowest BCUT2D eigenvalue weighted by atomic mass is 9.99. The first-order valence-electron chi connectivity index (χ1n) is 6.95. The average Bonchev–Trinajstić information content (AvgIpc) is 2.29. The summed E-state index contributed by atoms with van der Waals surface area (Å²) in [7, 11) is -1.65. The molecule has 0 heterocycles. The summed E-state index contributed by atoms with van der Waals surface area (Å²) >= 11 is 0. The second kappa shape index (κ2) is 7.60. The summed E-state index contributed by atoms with van der Waals surface area (Å²) in [5.74, 6) is 0.663. The molecule has 0 aliphatic carbocycles. The monoisotopic (exact) mass is 343 g/mol. The molecule has 0 radical (unpaired) electrons. The molecule has 0 atom stereocenters. The molecule has 0 fully saturated rings. The Hall–Kier alpha value is -0.123. The van der Waals surface area contributed by atoms with Crippen molar-refractivity contribution in [2.75, 3.05) is 6.61 Å². The van der Waals surface area contributed by atoms with E-state index in [2.05, 4.69) is 71.1 Å². The molecule has 1 aromatic rings. The zero-order valence-corrected chi connectivity index (χ0v) is 15.8. The Balaban J connectivity index is 0.00000324. The summed E-state index contributed by atoms with van der Waals surface area (Å²) in [6, 6.07) is 10.6. The van der Waals surface area contributed by atoms with Crippen LogP contribution in [0.15, 0.2) is 30.3 Å². The standard InChI is InChI=1S/C16H28OSi.BrH/c1-14(2)16(3,4)18(5,6)17-13-12-15-10-8-7-9-11-15;/h7-11,14H,12-13H2,1-6H3;1H/p-1. The third kappa shape index (κ3) is 5.05. The Bertz CT molecular complexity index is 360. The van der Waals surface area contributed by atoms with Crippen LogP contribution in [-0.4, -0.2) is 14.9 Å². The second-order valence-corrected chi connectivity index (χ2v) is 11.1. The van der Waals surface area contributed by atoms with E-state index in [4.69, 9.17) is 4.43 Å². The SMILES string of the molecule is CC(C)C(C)(C)[Si](C)(C)OCCc1ccccc1.[Br-]. The van der Waals surface area contributed by atoms with E-state index in [1.165, 1.54) is 5.56 Å². The van der Waals surface area contributed by atoms with Crippen molar-refractivity contribution in [2.45, 2.75) is 52.2 Å². The Morgan fingerprint density at radius 1 is 1.11 bits per heavy atom. The van der Waals surface area contributed by atoms with Crippen LogP contribution in [0.25, 0.3) is 0 Å². The lowest BCUT2D eigenvalue weighted by Gasteiger charge is -2.42. The fourth-order valence-electron chi connectivity index (χ4n) is 1.95. The maximum atomic E-state index is 6.30. The van der Waals surface area contributed by atoms with Crippen LogP contribution in [-0.2, 0) is 10.8 Å². The minimum absolute atomic E-state index is 0.